The van der Waals surface area contributed by atoms with Gasteiger partial charge in [0.25, 0.3) is 15.9 Å². The summed E-state index contributed by atoms with van der Waals surface area (Å²) in [6, 6.07) is 19.2. The SMILES string of the molecule is C[C@]1(O)CC[C@H](CNc2ncc(S(=O)(=O)NC(=O)c3ccc(N4CCC5(CC4)CC(N4CCSC[C@H]4c4ccccc4Br)C5)cc3Oc3cnc4[nH]ccc4c3)cc2[N+](=O)[O-])CC1. The number of carbonyl (C=O) groups excluding carboxylic acids is 1. The van der Waals surface area contributed by atoms with Gasteiger partial charge < -0.3 is 25.0 Å². The molecular formula is C45H51BrN8O7S2. The van der Waals surface area contributed by atoms with E-state index in [1.165, 1.54) is 29.1 Å². The number of sulfonamides is 1. The summed E-state index contributed by atoms with van der Waals surface area (Å²) in [6.45, 7) is 4.92. The quantitative estimate of drug-likeness (QED) is 0.0688. The molecule has 3 aromatic heterocycles. The summed E-state index contributed by atoms with van der Waals surface area (Å²) in [6.07, 6.45) is 11.4. The van der Waals surface area contributed by atoms with Crippen LogP contribution in [0.5, 0.6) is 11.5 Å². The maximum Gasteiger partial charge on any atom is 0.312 e. The number of piperidine rings is 1. The predicted molar refractivity (Wildman–Crippen MR) is 247 cm³/mol. The van der Waals surface area contributed by atoms with Crippen molar-refractivity contribution >= 4 is 71.8 Å². The molecule has 332 valence electrons. The minimum Gasteiger partial charge on any atom is -0.455 e. The number of H-pyrrole nitrogens is 1. The number of thioether (sulfide) groups is 1. The molecule has 18 heteroatoms. The number of aliphatic hydroxyl groups is 1. The lowest BCUT2D eigenvalue weighted by Gasteiger charge is -2.57. The van der Waals surface area contributed by atoms with Crippen LogP contribution in [0.1, 0.15) is 80.3 Å². The van der Waals surface area contributed by atoms with Crippen molar-refractivity contribution in [1.82, 2.24) is 24.6 Å². The molecule has 4 aliphatic rings. The van der Waals surface area contributed by atoms with Crippen molar-refractivity contribution in [3.05, 3.63) is 105 Å². The third-order valence-corrected chi connectivity index (χ3v) is 16.6. The van der Waals surface area contributed by atoms with Crippen LogP contribution >= 0.6 is 27.7 Å². The van der Waals surface area contributed by atoms with Gasteiger partial charge >= 0.3 is 5.69 Å². The topological polar surface area (TPSA) is 196 Å². The van der Waals surface area contributed by atoms with Crippen LogP contribution in [-0.2, 0) is 10.0 Å². The molecule has 9 rings (SSSR count). The van der Waals surface area contributed by atoms with Crippen LogP contribution in [0.15, 0.2) is 88.6 Å². The standard InChI is InChI=1S/C45H51BrN8O7S2/c1-44(56)11-8-29(9-12-44)25-48-42-38(54(57)58)22-34(27-50-42)63(59,60)51-43(55)36-7-6-31(21-40(36)61-33-20-30-10-15-47-41(30)49-26-33)52-16-13-45(14-17-52)23-32(24-45)53-18-19-62-28-39(53)35-4-2-3-5-37(35)46/h2-7,10,15,20-22,26-27,29,32,39,56H,8-9,11-14,16-19,23-25,28H2,1H3,(H,47,49)(H,48,50)(H,51,55)/t29-,39-,44-/m0/s1. The van der Waals surface area contributed by atoms with E-state index in [-0.39, 0.29) is 28.5 Å². The average molecular weight is 960 g/mol. The highest BCUT2D eigenvalue weighted by atomic mass is 79.9. The summed E-state index contributed by atoms with van der Waals surface area (Å²) < 4.78 is 37.0. The van der Waals surface area contributed by atoms with E-state index in [1.54, 1.807) is 37.4 Å². The molecule has 4 N–H and O–H groups in total. The number of hydrogen-bond donors (Lipinski definition) is 4. The fourth-order valence-corrected chi connectivity index (χ4v) is 12.4. The molecule has 5 heterocycles. The zero-order valence-electron chi connectivity index (χ0n) is 35.0. The highest BCUT2D eigenvalue weighted by molar-refractivity contribution is 9.10. The first kappa shape index (κ1) is 43.5. The second-order valence-electron chi connectivity index (χ2n) is 17.8. The zero-order valence-corrected chi connectivity index (χ0v) is 38.2. The molecule has 1 amide bonds. The van der Waals surface area contributed by atoms with Crippen molar-refractivity contribution in [3.8, 4) is 11.5 Å². The minimum atomic E-state index is -4.63. The number of anilines is 2. The number of amides is 1. The van der Waals surface area contributed by atoms with Gasteiger partial charge in [0.1, 0.15) is 22.0 Å². The number of aromatic nitrogens is 3. The predicted octanol–water partition coefficient (Wildman–Crippen LogP) is 8.43. The molecule has 5 aromatic rings. The molecule has 2 aliphatic carbocycles. The van der Waals surface area contributed by atoms with Gasteiger partial charge in [0.15, 0.2) is 0 Å². The van der Waals surface area contributed by atoms with Gasteiger partial charge in [-0.05, 0) is 106 Å². The first-order chi connectivity index (χ1) is 30.2. The van der Waals surface area contributed by atoms with E-state index >= 15 is 0 Å². The molecule has 0 radical (unpaired) electrons. The highest BCUT2D eigenvalue weighted by Gasteiger charge is 2.49. The molecule has 15 nitrogen and oxygen atoms in total. The molecule has 2 saturated carbocycles. The van der Waals surface area contributed by atoms with E-state index in [0.717, 1.165) is 80.2 Å². The van der Waals surface area contributed by atoms with Crippen molar-refractivity contribution in [2.45, 2.75) is 80.9 Å². The maximum atomic E-state index is 13.9. The summed E-state index contributed by atoms with van der Waals surface area (Å²) in [5.74, 6) is 1.85. The van der Waals surface area contributed by atoms with Gasteiger partial charge in [0.05, 0.1) is 28.5 Å². The number of nitro groups is 1. The Balaban J connectivity index is 0.899. The van der Waals surface area contributed by atoms with Gasteiger partial charge in [-0.3, -0.25) is 19.8 Å². The Labute approximate surface area is 379 Å². The lowest BCUT2D eigenvalue weighted by molar-refractivity contribution is -0.384. The number of hydrogen-bond acceptors (Lipinski definition) is 13. The van der Waals surface area contributed by atoms with E-state index in [2.05, 4.69) is 75.0 Å². The summed E-state index contributed by atoms with van der Waals surface area (Å²) in [5, 5.41) is 26.2. The summed E-state index contributed by atoms with van der Waals surface area (Å²) in [7, 11) is -4.63. The summed E-state index contributed by atoms with van der Waals surface area (Å²) in [5.41, 5.74) is 1.85. The molecule has 0 bridgehead atoms. The second kappa shape index (κ2) is 17.7. The molecule has 2 aliphatic heterocycles. The molecule has 2 aromatic carbocycles. The molecule has 2 saturated heterocycles. The lowest BCUT2D eigenvalue weighted by Crippen LogP contribution is -2.57. The first-order valence-electron chi connectivity index (χ1n) is 21.5. The lowest BCUT2D eigenvalue weighted by atomic mass is 9.59. The van der Waals surface area contributed by atoms with Crippen LogP contribution in [0.3, 0.4) is 0 Å². The fourth-order valence-electron chi connectivity index (χ4n) is 9.81. The Kier molecular flexibility index (Phi) is 12.2. The fraction of sp³-hybridized carbons (Fsp3) is 0.444. The van der Waals surface area contributed by atoms with E-state index in [9.17, 15) is 28.4 Å². The third-order valence-electron chi connectivity index (χ3n) is 13.6. The number of pyridine rings is 2. The van der Waals surface area contributed by atoms with Crippen molar-refractivity contribution in [2.24, 2.45) is 11.3 Å². The summed E-state index contributed by atoms with van der Waals surface area (Å²) >= 11 is 5.83. The molecular weight excluding hydrogens is 909 g/mol. The van der Waals surface area contributed by atoms with Gasteiger partial charge in [-0.2, -0.15) is 11.8 Å². The van der Waals surface area contributed by atoms with Crippen LogP contribution in [0.4, 0.5) is 17.2 Å². The van der Waals surface area contributed by atoms with Gasteiger partial charge in [-0.25, -0.2) is 23.1 Å². The van der Waals surface area contributed by atoms with Gasteiger partial charge in [0.2, 0.25) is 5.82 Å². The number of nitrogens with zero attached hydrogens (tertiary/aromatic N) is 5. The number of fused-ring (bicyclic) bond motifs is 1. The number of aromatic amines is 1. The maximum absolute atomic E-state index is 13.9. The van der Waals surface area contributed by atoms with Crippen LogP contribution in [0.25, 0.3) is 11.0 Å². The Morgan fingerprint density at radius 1 is 1.05 bits per heavy atom. The minimum absolute atomic E-state index is 0.0432. The van der Waals surface area contributed by atoms with Crippen molar-refractivity contribution in [2.75, 3.05) is 47.9 Å². The van der Waals surface area contributed by atoms with E-state index in [0.29, 0.717) is 42.9 Å². The molecule has 63 heavy (non-hydrogen) atoms. The van der Waals surface area contributed by atoms with E-state index < -0.39 is 37.0 Å². The number of halogens is 1. The second-order valence-corrected chi connectivity index (χ2v) is 21.5. The smallest absolute Gasteiger partial charge is 0.312 e. The number of rotatable bonds is 12. The Morgan fingerprint density at radius 3 is 2.59 bits per heavy atom. The average Bonchev–Trinajstić information content (AvgIpc) is 3.73. The zero-order chi connectivity index (χ0) is 43.9. The monoisotopic (exact) mass is 958 g/mol. The third kappa shape index (κ3) is 9.41. The molecule has 1 atom stereocenters. The Bertz CT molecular complexity index is 2620. The number of ether oxygens (including phenoxy) is 1. The van der Waals surface area contributed by atoms with Gasteiger partial charge in [-0.15, -0.1) is 0 Å². The highest BCUT2D eigenvalue weighted by Crippen LogP contribution is 2.54. The number of carbonyl (C=O) groups is 1. The van der Waals surface area contributed by atoms with Crippen LogP contribution in [0.2, 0.25) is 0 Å². The van der Waals surface area contributed by atoms with E-state index in [4.69, 9.17) is 4.74 Å². The molecule has 4 fully saturated rings. The van der Waals surface area contributed by atoms with Crippen molar-refractivity contribution in [1.29, 1.82) is 0 Å². The van der Waals surface area contributed by atoms with Gasteiger partial charge in [-0.1, -0.05) is 34.1 Å². The van der Waals surface area contributed by atoms with Crippen molar-refractivity contribution in [3.63, 3.8) is 0 Å². The normalized spacial score (nSPS) is 23.0. The van der Waals surface area contributed by atoms with Crippen LogP contribution < -0.4 is 19.7 Å². The van der Waals surface area contributed by atoms with Crippen molar-refractivity contribution < 1.29 is 28.0 Å². The van der Waals surface area contributed by atoms with Gasteiger partial charge in [0, 0.05) is 83.6 Å². The Hall–Kier alpha value is -4.75. The summed E-state index contributed by atoms with van der Waals surface area (Å²) in [4.78, 5) is 41.4. The largest absolute Gasteiger partial charge is 0.455 e. The Morgan fingerprint density at radius 2 is 1.83 bits per heavy atom. The first-order valence-corrected chi connectivity index (χ1v) is 24.9. The van der Waals surface area contributed by atoms with Crippen LogP contribution in [-0.4, -0.2) is 93.5 Å². The van der Waals surface area contributed by atoms with E-state index in [1.807, 2.05) is 17.8 Å². The molecule has 0 unspecified atom stereocenters. The van der Waals surface area contributed by atoms with Crippen LogP contribution in [0, 0.1) is 21.4 Å². The number of benzene rings is 2. The number of nitrogens with one attached hydrogen (secondary N) is 3. The molecule has 1 spiro atoms.